The summed E-state index contributed by atoms with van der Waals surface area (Å²) in [6.07, 6.45) is 5.17. The van der Waals surface area contributed by atoms with E-state index < -0.39 is 6.10 Å². The van der Waals surface area contributed by atoms with E-state index in [0.717, 1.165) is 27.7 Å². The number of benzene rings is 2. The number of fused-ring (bicyclic) bond motifs is 1. The summed E-state index contributed by atoms with van der Waals surface area (Å²) in [6, 6.07) is 17.5. The summed E-state index contributed by atoms with van der Waals surface area (Å²) in [6.45, 7) is 1.84. The third-order valence-electron chi connectivity index (χ3n) is 3.69. The zero-order chi connectivity index (χ0) is 16.2. The summed E-state index contributed by atoms with van der Waals surface area (Å²) in [7, 11) is 0. The van der Waals surface area contributed by atoms with E-state index in [2.05, 4.69) is 4.98 Å². The van der Waals surface area contributed by atoms with Gasteiger partial charge in [-0.15, -0.1) is 0 Å². The Morgan fingerprint density at radius 2 is 1.87 bits per heavy atom. The third-order valence-corrected chi connectivity index (χ3v) is 3.93. The molecule has 0 bridgehead atoms. The maximum atomic E-state index is 9.88. The molecule has 115 valence electrons. The maximum absolute atomic E-state index is 9.88. The van der Waals surface area contributed by atoms with Gasteiger partial charge in [0.1, 0.15) is 0 Å². The molecule has 1 N–H and O–H groups in total. The van der Waals surface area contributed by atoms with Crippen molar-refractivity contribution in [2.24, 2.45) is 0 Å². The summed E-state index contributed by atoms with van der Waals surface area (Å²) in [5, 5.41) is 11.6. The molecule has 0 unspecified atom stereocenters. The number of hydrogen-bond donors (Lipinski definition) is 1. The fraction of sp³-hybridized carbons (Fsp3) is 0.100. The fourth-order valence-electron chi connectivity index (χ4n) is 2.42. The SMILES string of the molecule is C[CH][C@@H](O)c1cccc(/C=C/c2ccc3ccc(Cl)cc3n2)c1. The molecule has 1 radical (unpaired) electrons. The standard InChI is InChI=1S/C20H17ClNO/c1-2-20(23)16-5-3-4-14(12-16)6-10-18-11-8-15-7-9-17(21)13-19(15)22-18/h2-13,20,23H,1H3/b10-6+/t20-/m1/s1. The Kier molecular flexibility index (Phi) is 4.75. The molecule has 3 rings (SSSR count). The van der Waals surface area contributed by atoms with Crippen molar-refractivity contribution in [2.75, 3.05) is 0 Å². The largest absolute Gasteiger partial charge is 0.388 e. The number of rotatable bonds is 4. The highest BCUT2D eigenvalue weighted by Crippen LogP contribution is 2.20. The second-order valence-corrected chi connectivity index (χ2v) is 5.79. The van der Waals surface area contributed by atoms with Gasteiger partial charge in [0.05, 0.1) is 17.3 Å². The number of aromatic nitrogens is 1. The number of hydrogen-bond acceptors (Lipinski definition) is 2. The van der Waals surface area contributed by atoms with Gasteiger partial charge in [0.15, 0.2) is 0 Å². The van der Waals surface area contributed by atoms with E-state index in [4.69, 9.17) is 11.6 Å². The molecule has 0 saturated carbocycles. The number of nitrogens with zero attached hydrogens (tertiary/aromatic N) is 1. The Morgan fingerprint density at radius 3 is 2.70 bits per heavy atom. The predicted octanol–water partition coefficient (Wildman–Crippen LogP) is 5.32. The van der Waals surface area contributed by atoms with Gasteiger partial charge in [-0.3, -0.25) is 0 Å². The first kappa shape index (κ1) is 15.7. The van der Waals surface area contributed by atoms with Gasteiger partial charge in [-0.25, -0.2) is 4.98 Å². The number of pyridine rings is 1. The van der Waals surface area contributed by atoms with E-state index >= 15 is 0 Å². The highest BCUT2D eigenvalue weighted by Gasteiger charge is 2.04. The summed E-state index contributed by atoms with van der Waals surface area (Å²) in [5.41, 5.74) is 3.65. The lowest BCUT2D eigenvalue weighted by Gasteiger charge is -2.08. The molecule has 2 aromatic carbocycles. The molecule has 2 nitrogen and oxygen atoms in total. The highest BCUT2D eigenvalue weighted by atomic mass is 35.5. The van der Waals surface area contributed by atoms with Crippen LogP contribution in [0.3, 0.4) is 0 Å². The lowest BCUT2D eigenvalue weighted by molar-refractivity contribution is 0.212. The molecular weight excluding hydrogens is 306 g/mol. The first-order valence-electron chi connectivity index (χ1n) is 7.47. The molecule has 3 heteroatoms. The van der Waals surface area contributed by atoms with E-state index in [1.165, 1.54) is 0 Å². The molecule has 1 atom stereocenters. The smallest absolute Gasteiger partial charge is 0.0819 e. The van der Waals surface area contributed by atoms with Crippen LogP contribution in [-0.2, 0) is 0 Å². The molecule has 1 aromatic heterocycles. The van der Waals surface area contributed by atoms with Crippen LogP contribution in [0.15, 0.2) is 54.6 Å². The monoisotopic (exact) mass is 322 g/mol. The van der Waals surface area contributed by atoms with Gasteiger partial charge in [0.25, 0.3) is 0 Å². The van der Waals surface area contributed by atoms with Crippen LogP contribution in [0.5, 0.6) is 0 Å². The Morgan fingerprint density at radius 1 is 1.04 bits per heavy atom. The van der Waals surface area contributed by atoms with Crippen LogP contribution < -0.4 is 0 Å². The molecule has 0 amide bonds. The van der Waals surface area contributed by atoms with Gasteiger partial charge < -0.3 is 5.11 Å². The molecule has 0 aliphatic heterocycles. The highest BCUT2D eigenvalue weighted by molar-refractivity contribution is 6.31. The minimum absolute atomic E-state index is 0.538. The van der Waals surface area contributed by atoms with Gasteiger partial charge >= 0.3 is 0 Å². The van der Waals surface area contributed by atoms with Crippen LogP contribution in [0.25, 0.3) is 23.1 Å². The van der Waals surface area contributed by atoms with Crippen LogP contribution in [0.4, 0.5) is 0 Å². The van der Waals surface area contributed by atoms with Crippen molar-refractivity contribution in [3.63, 3.8) is 0 Å². The van der Waals surface area contributed by atoms with Gasteiger partial charge in [0.2, 0.25) is 0 Å². The van der Waals surface area contributed by atoms with Crippen LogP contribution in [0.1, 0.15) is 29.8 Å². The summed E-state index contributed by atoms with van der Waals surface area (Å²) >= 11 is 6.02. The summed E-state index contributed by atoms with van der Waals surface area (Å²) in [5.74, 6) is 0. The molecule has 1 heterocycles. The Balaban J connectivity index is 1.87. The Hall–Kier alpha value is -2.16. The van der Waals surface area contributed by atoms with Crippen molar-refractivity contribution in [2.45, 2.75) is 13.0 Å². The lowest BCUT2D eigenvalue weighted by Crippen LogP contribution is -1.95. The second-order valence-electron chi connectivity index (χ2n) is 5.35. The van der Waals surface area contributed by atoms with E-state index in [1.54, 1.807) is 6.42 Å². The Bertz CT molecular complexity index is 857. The first-order valence-corrected chi connectivity index (χ1v) is 7.85. The predicted molar refractivity (Wildman–Crippen MR) is 97.1 cm³/mol. The average Bonchev–Trinajstić information content (AvgIpc) is 2.59. The third kappa shape index (κ3) is 3.79. The van der Waals surface area contributed by atoms with Crippen molar-refractivity contribution in [1.29, 1.82) is 0 Å². The van der Waals surface area contributed by atoms with Gasteiger partial charge in [-0.2, -0.15) is 0 Å². The van der Waals surface area contributed by atoms with E-state index in [-0.39, 0.29) is 0 Å². The zero-order valence-electron chi connectivity index (χ0n) is 12.8. The molecule has 0 saturated heterocycles. The zero-order valence-corrected chi connectivity index (χ0v) is 13.5. The second kappa shape index (κ2) is 6.95. The van der Waals surface area contributed by atoms with E-state index in [9.17, 15) is 5.11 Å². The molecular formula is C20H17ClNO. The average molecular weight is 323 g/mol. The first-order chi connectivity index (χ1) is 11.2. The van der Waals surface area contributed by atoms with Crippen molar-refractivity contribution < 1.29 is 5.11 Å². The minimum atomic E-state index is -0.538. The molecule has 0 aliphatic carbocycles. The van der Waals surface area contributed by atoms with Crippen molar-refractivity contribution in [3.8, 4) is 0 Å². The number of halogens is 1. The van der Waals surface area contributed by atoms with Gasteiger partial charge in [-0.1, -0.05) is 54.9 Å². The van der Waals surface area contributed by atoms with Crippen molar-refractivity contribution >= 4 is 34.7 Å². The molecule has 3 aromatic rings. The molecule has 0 aliphatic rings. The normalized spacial score (nSPS) is 12.8. The number of aliphatic hydroxyl groups excluding tert-OH is 1. The van der Waals surface area contributed by atoms with Gasteiger partial charge in [0, 0.05) is 10.4 Å². The van der Waals surface area contributed by atoms with Crippen LogP contribution in [0.2, 0.25) is 5.02 Å². The van der Waals surface area contributed by atoms with Crippen LogP contribution in [0, 0.1) is 6.42 Å². The minimum Gasteiger partial charge on any atom is -0.388 e. The van der Waals surface area contributed by atoms with Crippen molar-refractivity contribution in [1.82, 2.24) is 4.98 Å². The summed E-state index contributed by atoms with van der Waals surface area (Å²) in [4.78, 5) is 4.60. The van der Waals surface area contributed by atoms with Gasteiger partial charge in [-0.05, 0) is 47.9 Å². The molecule has 0 spiro atoms. The van der Waals surface area contributed by atoms with Crippen molar-refractivity contribution in [3.05, 3.63) is 82.9 Å². The summed E-state index contributed by atoms with van der Waals surface area (Å²) < 4.78 is 0. The topological polar surface area (TPSA) is 33.1 Å². The Labute approximate surface area is 141 Å². The van der Waals surface area contributed by atoms with Crippen LogP contribution >= 0.6 is 11.6 Å². The number of aliphatic hydroxyl groups is 1. The molecule has 0 fully saturated rings. The molecule has 23 heavy (non-hydrogen) atoms. The van der Waals surface area contributed by atoms with E-state index in [0.29, 0.717) is 5.02 Å². The maximum Gasteiger partial charge on any atom is 0.0819 e. The van der Waals surface area contributed by atoms with E-state index in [1.807, 2.05) is 73.7 Å². The van der Waals surface area contributed by atoms with Crippen LogP contribution in [-0.4, -0.2) is 10.1 Å². The lowest BCUT2D eigenvalue weighted by atomic mass is 10.0. The fourth-order valence-corrected chi connectivity index (χ4v) is 2.59. The quantitative estimate of drug-likeness (QED) is 0.705.